The number of amides is 2. The van der Waals surface area contributed by atoms with E-state index < -0.39 is 0 Å². The van der Waals surface area contributed by atoms with Gasteiger partial charge in [0.05, 0.1) is 11.1 Å². The Kier molecular flexibility index (Phi) is 4.95. The highest BCUT2D eigenvalue weighted by atomic mass is 32.1. The number of thiazole rings is 1. The van der Waals surface area contributed by atoms with E-state index in [-0.39, 0.29) is 17.7 Å². The predicted molar refractivity (Wildman–Crippen MR) is 118 cm³/mol. The van der Waals surface area contributed by atoms with E-state index >= 15 is 0 Å². The van der Waals surface area contributed by atoms with Gasteiger partial charge in [-0.05, 0) is 24.6 Å². The number of nitrogens with one attached hydrogen (secondary N) is 1. The summed E-state index contributed by atoms with van der Waals surface area (Å²) >= 11 is 1.37. The van der Waals surface area contributed by atoms with Gasteiger partial charge < -0.3 is 4.90 Å². The standard InChI is InChI=1S/C22H20N6O2S/c1-27-19(6-8-24-27)21(30)28-10-7-14(13-28)18-12-16(15-4-2-3-5-17(15)25-18)20(29)26-22-23-9-11-31-22/h2-6,8-9,11-12,14H,7,10,13H2,1H3,(H,23,26,29)/t14-/m0/s1. The summed E-state index contributed by atoms with van der Waals surface area (Å²) in [7, 11) is 1.76. The number of rotatable bonds is 4. The minimum absolute atomic E-state index is 0.0370. The lowest BCUT2D eigenvalue weighted by Gasteiger charge is -2.17. The molecule has 4 heterocycles. The maximum Gasteiger partial charge on any atom is 0.272 e. The zero-order chi connectivity index (χ0) is 21.4. The van der Waals surface area contributed by atoms with Gasteiger partial charge in [-0.25, -0.2) is 4.98 Å². The Balaban J connectivity index is 1.44. The first-order valence-corrected chi connectivity index (χ1v) is 10.9. The van der Waals surface area contributed by atoms with Crippen LogP contribution in [0.2, 0.25) is 0 Å². The maximum atomic E-state index is 13.0. The molecule has 1 N–H and O–H groups in total. The summed E-state index contributed by atoms with van der Waals surface area (Å²) in [5.41, 5.74) is 2.71. The van der Waals surface area contributed by atoms with E-state index in [1.54, 1.807) is 30.2 Å². The minimum atomic E-state index is -0.212. The molecule has 0 bridgehead atoms. The predicted octanol–water partition coefficient (Wildman–Crippen LogP) is 3.31. The maximum absolute atomic E-state index is 13.0. The Morgan fingerprint density at radius 2 is 2.06 bits per heavy atom. The van der Waals surface area contributed by atoms with Crippen LogP contribution in [0.15, 0.2) is 54.2 Å². The van der Waals surface area contributed by atoms with Crippen LogP contribution in [0, 0.1) is 0 Å². The molecule has 3 aromatic heterocycles. The number of benzene rings is 1. The molecule has 0 spiro atoms. The molecule has 2 amide bonds. The average Bonchev–Trinajstić information content (AvgIpc) is 3.54. The van der Waals surface area contributed by atoms with Crippen LogP contribution in [0.3, 0.4) is 0 Å². The Labute approximate surface area is 182 Å². The summed E-state index contributed by atoms with van der Waals surface area (Å²) in [6, 6.07) is 11.2. The molecule has 9 heteroatoms. The Hall–Kier alpha value is -3.59. The van der Waals surface area contributed by atoms with E-state index in [1.807, 2.05) is 40.6 Å². The van der Waals surface area contributed by atoms with Crippen molar-refractivity contribution in [1.82, 2.24) is 24.6 Å². The average molecular weight is 433 g/mol. The van der Waals surface area contributed by atoms with E-state index in [0.29, 0.717) is 29.5 Å². The Morgan fingerprint density at radius 1 is 1.19 bits per heavy atom. The largest absolute Gasteiger partial charge is 0.337 e. The summed E-state index contributed by atoms with van der Waals surface area (Å²) in [6.45, 7) is 1.20. The number of fused-ring (bicyclic) bond motifs is 1. The van der Waals surface area contributed by atoms with Crippen LogP contribution in [0.5, 0.6) is 0 Å². The number of aryl methyl sites for hydroxylation is 1. The SMILES string of the molecule is Cn1nccc1C(=O)N1CC[C@H](c2cc(C(=O)Nc3nccs3)c3ccccc3n2)C1. The van der Waals surface area contributed by atoms with Crippen molar-refractivity contribution in [3.05, 3.63) is 71.1 Å². The molecule has 1 fully saturated rings. The third-order valence-electron chi connectivity index (χ3n) is 5.57. The highest BCUT2D eigenvalue weighted by molar-refractivity contribution is 7.13. The van der Waals surface area contributed by atoms with Crippen LogP contribution < -0.4 is 5.32 Å². The fraction of sp³-hybridized carbons (Fsp3) is 0.227. The van der Waals surface area contributed by atoms with E-state index in [2.05, 4.69) is 15.4 Å². The minimum Gasteiger partial charge on any atom is -0.337 e. The van der Waals surface area contributed by atoms with Crippen molar-refractivity contribution in [2.75, 3.05) is 18.4 Å². The fourth-order valence-electron chi connectivity index (χ4n) is 3.97. The molecule has 1 atom stereocenters. The molecule has 0 saturated carbocycles. The smallest absolute Gasteiger partial charge is 0.272 e. The lowest BCUT2D eigenvalue weighted by atomic mass is 9.99. The van der Waals surface area contributed by atoms with Gasteiger partial charge in [-0.2, -0.15) is 5.10 Å². The van der Waals surface area contributed by atoms with Gasteiger partial charge >= 0.3 is 0 Å². The highest BCUT2D eigenvalue weighted by Crippen LogP contribution is 2.30. The number of anilines is 1. The molecule has 156 valence electrons. The first-order valence-electron chi connectivity index (χ1n) is 9.98. The first kappa shape index (κ1) is 19.4. The summed E-state index contributed by atoms with van der Waals surface area (Å²) < 4.78 is 1.59. The number of likely N-dealkylation sites (tertiary alicyclic amines) is 1. The van der Waals surface area contributed by atoms with Crippen molar-refractivity contribution in [2.45, 2.75) is 12.3 Å². The topological polar surface area (TPSA) is 93.0 Å². The fourth-order valence-corrected chi connectivity index (χ4v) is 4.50. The monoisotopic (exact) mass is 432 g/mol. The van der Waals surface area contributed by atoms with Gasteiger partial charge in [0.15, 0.2) is 5.13 Å². The van der Waals surface area contributed by atoms with E-state index in [1.165, 1.54) is 11.3 Å². The zero-order valence-corrected chi connectivity index (χ0v) is 17.7. The van der Waals surface area contributed by atoms with E-state index in [4.69, 9.17) is 4.98 Å². The second-order valence-corrected chi connectivity index (χ2v) is 8.37. The van der Waals surface area contributed by atoms with Crippen LogP contribution in [0.4, 0.5) is 5.13 Å². The number of carbonyl (C=O) groups is 2. The van der Waals surface area contributed by atoms with Crippen molar-refractivity contribution in [2.24, 2.45) is 7.05 Å². The van der Waals surface area contributed by atoms with Gasteiger partial charge in [0.1, 0.15) is 5.69 Å². The molecular weight excluding hydrogens is 412 g/mol. The van der Waals surface area contributed by atoms with Gasteiger partial charge in [-0.1, -0.05) is 18.2 Å². The van der Waals surface area contributed by atoms with Crippen LogP contribution in [-0.4, -0.2) is 49.6 Å². The number of aromatic nitrogens is 4. The van der Waals surface area contributed by atoms with Gasteiger partial charge in [-0.15, -0.1) is 11.3 Å². The Morgan fingerprint density at radius 3 is 2.84 bits per heavy atom. The first-order chi connectivity index (χ1) is 15.1. The number of para-hydroxylation sites is 1. The number of hydrogen-bond donors (Lipinski definition) is 1. The van der Waals surface area contributed by atoms with Gasteiger partial charge in [0.25, 0.3) is 11.8 Å². The number of hydrogen-bond acceptors (Lipinski definition) is 6. The second-order valence-electron chi connectivity index (χ2n) is 7.48. The lowest BCUT2D eigenvalue weighted by molar-refractivity contribution is 0.0779. The summed E-state index contributed by atoms with van der Waals surface area (Å²) in [6.07, 6.45) is 4.07. The van der Waals surface area contributed by atoms with Gasteiger partial charge in [0, 0.05) is 54.9 Å². The van der Waals surface area contributed by atoms with Crippen LogP contribution >= 0.6 is 11.3 Å². The molecular formula is C22H20N6O2S. The van der Waals surface area contributed by atoms with Crippen LogP contribution in [0.25, 0.3) is 10.9 Å². The summed E-state index contributed by atoms with van der Waals surface area (Å²) in [5.74, 6) is -0.186. The van der Waals surface area contributed by atoms with Crippen molar-refractivity contribution in [3.8, 4) is 0 Å². The molecule has 1 aromatic carbocycles. The van der Waals surface area contributed by atoms with Gasteiger partial charge in [0.2, 0.25) is 0 Å². The summed E-state index contributed by atoms with van der Waals surface area (Å²) in [4.78, 5) is 36.7. The number of nitrogens with zero attached hydrogens (tertiary/aromatic N) is 5. The quantitative estimate of drug-likeness (QED) is 0.534. The van der Waals surface area contributed by atoms with Crippen molar-refractivity contribution >= 4 is 39.2 Å². The molecule has 4 aromatic rings. The highest BCUT2D eigenvalue weighted by Gasteiger charge is 2.31. The molecule has 0 aliphatic carbocycles. The second kappa shape index (κ2) is 7.92. The number of carbonyl (C=O) groups excluding carboxylic acids is 2. The normalized spacial score (nSPS) is 16.0. The number of pyridine rings is 1. The molecule has 5 rings (SSSR count). The van der Waals surface area contributed by atoms with Crippen molar-refractivity contribution in [3.63, 3.8) is 0 Å². The molecule has 1 saturated heterocycles. The van der Waals surface area contributed by atoms with E-state index in [0.717, 1.165) is 23.0 Å². The third-order valence-corrected chi connectivity index (χ3v) is 6.26. The third kappa shape index (κ3) is 3.68. The Bertz CT molecular complexity index is 1270. The lowest BCUT2D eigenvalue weighted by Crippen LogP contribution is -2.30. The van der Waals surface area contributed by atoms with E-state index in [9.17, 15) is 9.59 Å². The van der Waals surface area contributed by atoms with Crippen LogP contribution in [-0.2, 0) is 7.05 Å². The molecule has 8 nitrogen and oxygen atoms in total. The molecule has 0 unspecified atom stereocenters. The zero-order valence-electron chi connectivity index (χ0n) is 16.9. The van der Waals surface area contributed by atoms with Crippen LogP contribution in [0.1, 0.15) is 38.9 Å². The molecule has 1 aliphatic heterocycles. The van der Waals surface area contributed by atoms with Crippen molar-refractivity contribution < 1.29 is 9.59 Å². The summed E-state index contributed by atoms with van der Waals surface area (Å²) in [5, 5.41) is 10.1. The van der Waals surface area contributed by atoms with Crippen molar-refractivity contribution in [1.29, 1.82) is 0 Å². The van der Waals surface area contributed by atoms with Gasteiger partial charge in [-0.3, -0.25) is 24.6 Å². The molecule has 1 aliphatic rings. The molecule has 0 radical (unpaired) electrons. The molecule has 31 heavy (non-hydrogen) atoms.